The molecule has 1 saturated heterocycles. The number of thioether (sulfide) groups is 1. The second-order valence-corrected chi connectivity index (χ2v) is 3.97. The summed E-state index contributed by atoms with van der Waals surface area (Å²) in [6, 6.07) is 0. The molecule has 1 unspecified atom stereocenters. The number of nitrogens with zero attached hydrogens (tertiary/aromatic N) is 1. The third kappa shape index (κ3) is 3.57. The van der Waals surface area contributed by atoms with Crippen molar-refractivity contribution in [1.29, 1.82) is 0 Å². The Morgan fingerprint density at radius 3 is 3.18 bits per heavy atom. The summed E-state index contributed by atoms with van der Waals surface area (Å²) in [7, 11) is 0. The van der Waals surface area contributed by atoms with Gasteiger partial charge >= 0.3 is 0 Å². The lowest BCUT2D eigenvalue weighted by molar-refractivity contribution is 0.798. The standard InChI is InChI=1S/C6H11N3S2/c7-6(10)9-8-3-5-1-2-11-4-5/h3,5H,1-2,4H2,(H3,7,9,10). The summed E-state index contributed by atoms with van der Waals surface area (Å²) in [6.45, 7) is 0. The molecular formula is C6H11N3S2. The van der Waals surface area contributed by atoms with Crippen LogP contribution in [0.1, 0.15) is 6.42 Å². The van der Waals surface area contributed by atoms with E-state index in [9.17, 15) is 0 Å². The van der Waals surface area contributed by atoms with Gasteiger partial charge in [0, 0.05) is 17.9 Å². The molecule has 3 nitrogen and oxygen atoms in total. The number of hydrogen-bond donors (Lipinski definition) is 2. The van der Waals surface area contributed by atoms with Gasteiger partial charge in [0.1, 0.15) is 0 Å². The number of hydrazone groups is 1. The van der Waals surface area contributed by atoms with Gasteiger partial charge in [-0.1, -0.05) is 0 Å². The molecule has 0 aromatic heterocycles. The smallest absolute Gasteiger partial charge is 0.184 e. The summed E-state index contributed by atoms with van der Waals surface area (Å²) in [5.74, 6) is 3.01. The third-order valence-corrected chi connectivity index (χ3v) is 2.70. The van der Waals surface area contributed by atoms with Crippen molar-refractivity contribution in [3.8, 4) is 0 Å². The largest absolute Gasteiger partial charge is 0.375 e. The zero-order valence-electron chi connectivity index (χ0n) is 6.12. The van der Waals surface area contributed by atoms with E-state index in [2.05, 4.69) is 22.7 Å². The summed E-state index contributed by atoms with van der Waals surface area (Å²) >= 11 is 6.54. The normalized spacial score (nSPS) is 24.2. The SMILES string of the molecule is NC(=S)NN=CC1CCSC1. The topological polar surface area (TPSA) is 50.4 Å². The van der Waals surface area contributed by atoms with E-state index in [4.69, 9.17) is 5.73 Å². The molecule has 0 bridgehead atoms. The average molecular weight is 189 g/mol. The summed E-state index contributed by atoms with van der Waals surface area (Å²) in [4.78, 5) is 0. The quantitative estimate of drug-likeness (QED) is 0.378. The molecule has 11 heavy (non-hydrogen) atoms. The molecular weight excluding hydrogens is 178 g/mol. The second kappa shape index (κ2) is 4.56. The maximum Gasteiger partial charge on any atom is 0.184 e. The first-order valence-corrected chi connectivity index (χ1v) is 5.01. The van der Waals surface area contributed by atoms with E-state index in [1.54, 1.807) is 0 Å². The van der Waals surface area contributed by atoms with Gasteiger partial charge in [-0.15, -0.1) is 0 Å². The summed E-state index contributed by atoms with van der Waals surface area (Å²) in [6.07, 6.45) is 3.10. The van der Waals surface area contributed by atoms with E-state index in [-0.39, 0.29) is 5.11 Å². The van der Waals surface area contributed by atoms with E-state index in [1.807, 2.05) is 18.0 Å². The van der Waals surface area contributed by atoms with Crippen LogP contribution >= 0.6 is 24.0 Å². The first kappa shape index (κ1) is 8.80. The van der Waals surface area contributed by atoms with Crippen LogP contribution in [-0.4, -0.2) is 22.8 Å². The lowest BCUT2D eigenvalue weighted by Crippen LogP contribution is -2.24. The Balaban J connectivity index is 2.17. The van der Waals surface area contributed by atoms with Crippen molar-refractivity contribution in [2.24, 2.45) is 16.8 Å². The predicted octanol–water partition coefficient (Wildman–Crippen LogP) is 0.558. The molecule has 1 fully saturated rings. The third-order valence-electron chi connectivity index (χ3n) is 1.43. The van der Waals surface area contributed by atoms with Crippen molar-refractivity contribution in [1.82, 2.24) is 5.43 Å². The second-order valence-electron chi connectivity index (χ2n) is 2.38. The lowest BCUT2D eigenvalue weighted by Gasteiger charge is -1.98. The summed E-state index contributed by atoms with van der Waals surface area (Å²) < 4.78 is 0. The Labute approximate surface area is 75.8 Å². The van der Waals surface area contributed by atoms with Crippen molar-refractivity contribution in [3.63, 3.8) is 0 Å². The molecule has 1 atom stereocenters. The zero-order chi connectivity index (χ0) is 8.10. The van der Waals surface area contributed by atoms with E-state index in [0.29, 0.717) is 5.92 Å². The highest BCUT2D eigenvalue weighted by Gasteiger charge is 2.12. The summed E-state index contributed by atoms with van der Waals surface area (Å²) in [5, 5.41) is 4.13. The van der Waals surface area contributed by atoms with Crippen LogP contribution in [0.25, 0.3) is 0 Å². The Kier molecular flexibility index (Phi) is 3.65. The number of thiocarbonyl (C=S) groups is 1. The van der Waals surface area contributed by atoms with Gasteiger partial charge in [0.2, 0.25) is 0 Å². The number of nitrogens with one attached hydrogen (secondary N) is 1. The van der Waals surface area contributed by atoms with Crippen molar-refractivity contribution in [2.45, 2.75) is 6.42 Å². The molecule has 0 radical (unpaired) electrons. The van der Waals surface area contributed by atoms with E-state index >= 15 is 0 Å². The van der Waals surface area contributed by atoms with Crippen LogP contribution in [0.4, 0.5) is 0 Å². The van der Waals surface area contributed by atoms with Gasteiger partial charge in [0.15, 0.2) is 5.11 Å². The molecule has 0 aromatic carbocycles. The van der Waals surface area contributed by atoms with Gasteiger partial charge in [-0.3, -0.25) is 5.43 Å². The predicted molar refractivity (Wildman–Crippen MR) is 53.8 cm³/mol. The minimum atomic E-state index is 0.229. The highest BCUT2D eigenvalue weighted by atomic mass is 32.2. The van der Waals surface area contributed by atoms with E-state index in [1.165, 1.54) is 17.9 Å². The molecule has 0 saturated carbocycles. The van der Waals surface area contributed by atoms with Crippen LogP contribution in [-0.2, 0) is 0 Å². The number of rotatable bonds is 2. The molecule has 1 aliphatic heterocycles. The van der Waals surface area contributed by atoms with Gasteiger partial charge in [-0.05, 0) is 24.4 Å². The Morgan fingerprint density at radius 2 is 2.64 bits per heavy atom. The Morgan fingerprint density at radius 1 is 1.82 bits per heavy atom. The summed E-state index contributed by atoms with van der Waals surface area (Å²) in [5.41, 5.74) is 7.72. The maximum atomic E-state index is 5.18. The van der Waals surface area contributed by atoms with Gasteiger partial charge in [0.25, 0.3) is 0 Å². The van der Waals surface area contributed by atoms with E-state index < -0.39 is 0 Å². The molecule has 0 aliphatic carbocycles. The highest BCUT2D eigenvalue weighted by Crippen LogP contribution is 2.21. The van der Waals surface area contributed by atoms with Crippen LogP contribution in [0, 0.1) is 5.92 Å². The van der Waals surface area contributed by atoms with Crippen molar-refractivity contribution >= 4 is 35.3 Å². The molecule has 1 heterocycles. The first-order chi connectivity index (χ1) is 5.29. The molecule has 62 valence electrons. The van der Waals surface area contributed by atoms with Crippen molar-refractivity contribution < 1.29 is 0 Å². The number of nitrogens with two attached hydrogens (primary N) is 1. The fourth-order valence-electron chi connectivity index (χ4n) is 0.877. The molecule has 1 aliphatic rings. The van der Waals surface area contributed by atoms with Crippen LogP contribution in [0.3, 0.4) is 0 Å². The molecule has 0 aromatic rings. The molecule has 5 heteroatoms. The molecule has 0 spiro atoms. The van der Waals surface area contributed by atoms with Gasteiger partial charge in [-0.2, -0.15) is 16.9 Å². The van der Waals surface area contributed by atoms with Crippen molar-refractivity contribution in [2.75, 3.05) is 11.5 Å². The zero-order valence-corrected chi connectivity index (χ0v) is 7.75. The highest BCUT2D eigenvalue weighted by molar-refractivity contribution is 7.99. The van der Waals surface area contributed by atoms with Gasteiger partial charge in [-0.25, -0.2) is 0 Å². The van der Waals surface area contributed by atoms with E-state index in [0.717, 1.165) is 0 Å². The number of hydrogen-bond acceptors (Lipinski definition) is 3. The molecule has 0 amide bonds. The Bertz CT molecular complexity index is 163. The first-order valence-electron chi connectivity index (χ1n) is 3.45. The average Bonchev–Trinajstić information content (AvgIpc) is 2.39. The van der Waals surface area contributed by atoms with Crippen molar-refractivity contribution in [3.05, 3.63) is 0 Å². The van der Waals surface area contributed by atoms with Crippen LogP contribution in [0.15, 0.2) is 5.10 Å². The van der Waals surface area contributed by atoms with Crippen LogP contribution < -0.4 is 11.2 Å². The fraction of sp³-hybridized carbons (Fsp3) is 0.667. The lowest BCUT2D eigenvalue weighted by atomic mass is 10.1. The molecule has 1 rings (SSSR count). The molecule has 3 N–H and O–H groups in total. The van der Waals surface area contributed by atoms with Gasteiger partial charge in [0.05, 0.1) is 0 Å². The minimum Gasteiger partial charge on any atom is -0.375 e. The fourth-order valence-corrected chi connectivity index (χ4v) is 2.12. The Hall–Kier alpha value is -0.290. The minimum absolute atomic E-state index is 0.229. The maximum absolute atomic E-state index is 5.18. The van der Waals surface area contributed by atoms with Crippen LogP contribution in [0.5, 0.6) is 0 Å². The van der Waals surface area contributed by atoms with Gasteiger partial charge < -0.3 is 5.73 Å². The monoisotopic (exact) mass is 189 g/mol. The van der Waals surface area contributed by atoms with Crippen LogP contribution in [0.2, 0.25) is 0 Å².